The van der Waals surface area contributed by atoms with Gasteiger partial charge in [-0.1, -0.05) is 23.7 Å². The minimum atomic E-state index is 0.722. The van der Waals surface area contributed by atoms with Crippen molar-refractivity contribution < 1.29 is 0 Å². The molecule has 0 N–H and O–H groups in total. The maximum absolute atomic E-state index is 5.90. The van der Waals surface area contributed by atoms with Gasteiger partial charge >= 0.3 is 0 Å². The van der Waals surface area contributed by atoms with Crippen LogP contribution in [0.3, 0.4) is 0 Å². The summed E-state index contributed by atoms with van der Waals surface area (Å²) in [5, 5.41) is 0.722. The summed E-state index contributed by atoms with van der Waals surface area (Å²) in [6.07, 6.45) is 1.76. The molecule has 0 amide bonds. The minimum absolute atomic E-state index is 0.722. The van der Waals surface area contributed by atoms with E-state index in [0.717, 1.165) is 20.9 Å². The Morgan fingerprint density at radius 3 is 2.79 bits per heavy atom. The molecule has 1 aromatic carbocycles. The van der Waals surface area contributed by atoms with Gasteiger partial charge in [-0.15, -0.1) is 0 Å². The van der Waals surface area contributed by atoms with Crippen LogP contribution in [0.25, 0.3) is 11.3 Å². The molecular weight excluding hydrogens is 263 g/mol. The van der Waals surface area contributed by atoms with Crippen molar-refractivity contribution >= 4 is 27.5 Å². The van der Waals surface area contributed by atoms with Crippen molar-refractivity contribution in [1.82, 2.24) is 9.55 Å². The molecule has 2 rings (SSSR count). The summed E-state index contributed by atoms with van der Waals surface area (Å²) in [5.41, 5.74) is 1.93. The lowest BCUT2D eigenvalue weighted by molar-refractivity contribution is 0.891. The predicted octanol–water partition coefficient (Wildman–Crippen LogP) is 3.50. The Morgan fingerprint density at radius 2 is 2.21 bits per heavy atom. The van der Waals surface area contributed by atoms with Crippen molar-refractivity contribution in [2.24, 2.45) is 7.05 Å². The number of halogens is 2. The molecule has 0 aliphatic carbocycles. The van der Waals surface area contributed by atoms with Crippen LogP contribution in [-0.2, 0) is 7.05 Å². The van der Waals surface area contributed by atoms with Crippen LogP contribution in [0.15, 0.2) is 35.2 Å². The maximum Gasteiger partial charge on any atom is 0.112 e. The second kappa shape index (κ2) is 3.75. The van der Waals surface area contributed by atoms with Gasteiger partial charge < -0.3 is 4.57 Å². The molecule has 0 aliphatic rings. The van der Waals surface area contributed by atoms with Crippen LogP contribution in [-0.4, -0.2) is 9.55 Å². The first kappa shape index (κ1) is 9.74. The van der Waals surface area contributed by atoms with Crippen LogP contribution in [0.1, 0.15) is 0 Å². The lowest BCUT2D eigenvalue weighted by atomic mass is 10.2. The van der Waals surface area contributed by atoms with Gasteiger partial charge in [0, 0.05) is 17.6 Å². The van der Waals surface area contributed by atoms with Crippen molar-refractivity contribution in [1.29, 1.82) is 0 Å². The van der Waals surface area contributed by atoms with Gasteiger partial charge in [0.1, 0.15) is 10.3 Å². The maximum atomic E-state index is 5.90. The van der Waals surface area contributed by atoms with Crippen LogP contribution < -0.4 is 0 Å². The van der Waals surface area contributed by atoms with Crippen molar-refractivity contribution in [3.8, 4) is 11.3 Å². The second-order valence-corrected chi connectivity index (χ2v) is 4.19. The van der Waals surface area contributed by atoms with Gasteiger partial charge in [-0.05, 0) is 28.1 Å². The molecule has 1 heterocycles. The van der Waals surface area contributed by atoms with E-state index in [-0.39, 0.29) is 0 Å². The average molecular weight is 272 g/mol. The van der Waals surface area contributed by atoms with E-state index in [4.69, 9.17) is 11.6 Å². The van der Waals surface area contributed by atoms with Crippen molar-refractivity contribution in [3.63, 3.8) is 0 Å². The highest BCUT2D eigenvalue weighted by molar-refractivity contribution is 9.10. The molecule has 0 unspecified atom stereocenters. The zero-order chi connectivity index (χ0) is 10.1. The molecule has 14 heavy (non-hydrogen) atoms. The lowest BCUT2D eigenvalue weighted by Gasteiger charge is -1.99. The monoisotopic (exact) mass is 270 g/mol. The number of aromatic nitrogens is 2. The number of rotatable bonds is 1. The molecular formula is C10H8BrClN2. The van der Waals surface area contributed by atoms with Gasteiger partial charge in [0.05, 0.1) is 6.33 Å². The third-order valence-corrected chi connectivity index (χ3v) is 3.13. The standard InChI is InChI=1S/C10H8BrClN2/c1-14-6-13-9(10(14)11)7-3-2-4-8(12)5-7/h2-6H,1H3. The van der Waals surface area contributed by atoms with Gasteiger partial charge in [0.25, 0.3) is 0 Å². The highest BCUT2D eigenvalue weighted by Gasteiger charge is 2.07. The lowest BCUT2D eigenvalue weighted by Crippen LogP contribution is -1.84. The summed E-state index contributed by atoms with van der Waals surface area (Å²) < 4.78 is 2.87. The first-order chi connectivity index (χ1) is 6.68. The van der Waals surface area contributed by atoms with E-state index in [1.807, 2.05) is 35.9 Å². The zero-order valence-electron chi connectivity index (χ0n) is 7.54. The van der Waals surface area contributed by atoms with E-state index < -0.39 is 0 Å². The van der Waals surface area contributed by atoms with Crippen LogP contribution in [0.5, 0.6) is 0 Å². The fourth-order valence-corrected chi connectivity index (χ4v) is 1.86. The zero-order valence-corrected chi connectivity index (χ0v) is 9.88. The summed E-state index contributed by atoms with van der Waals surface area (Å²) >= 11 is 9.37. The highest BCUT2D eigenvalue weighted by Crippen LogP contribution is 2.27. The van der Waals surface area contributed by atoms with E-state index in [9.17, 15) is 0 Å². The van der Waals surface area contributed by atoms with E-state index in [1.165, 1.54) is 0 Å². The summed E-state index contributed by atoms with van der Waals surface area (Å²) in [5.74, 6) is 0. The van der Waals surface area contributed by atoms with Gasteiger partial charge in [-0.25, -0.2) is 4.98 Å². The highest BCUT2D eigenvalue weighted by atomic mass is 79.9. The normalized spacial score (nSPS) is 10.5. The molecule has 72 valence electrons. The molecule has 0 radical (unpaired) electrons. The Kier molecular flexibility index (Phi) is 2.61. The Labute approximate surface area is 95.7 Å². The van der Waals surface area contributed by atoms with Crippen LogP contribution in [0.4, 0.5) is 0 Å². The van der Waals surface area contributed by atoms with Gasteiger partial charge in [0.15, 0.2) is 0 Å². The number of imidazole rings is 1. The van der Waals surface area contributed by atoms with Crippen LogP contribution >= 0.6 is 27.5 Å². The van der Waals surface area contributed by atoms with Crippen molar-refractivity contribution in [3.05, 3.63) is 40.2 Å². The molecule has 1 aromatic heterocycles. The smallest absolute Gasteiger partial charge is 0.112 e. The van der Waals surface area contributed by atoms with E-state index in [2.05, 4.69) is 20.9 Å². The van der Waals surface area contributed by atoms with Gasteiger partial charge in [-0.3, -0.25) is 0 Å². The predicted molar refractivity (Wildman–Crippen MR) is 61.4 cm³/mol. The fraction of sp³-hybridized carbons (Fsp3) is 0.100. The Hall–Kier alpha value is -0.800. The Morgan fingerprint density at radius 1 is 1.43 bits per heavy atom. The molecule has 0 aliphatic heterocycles. The molecule has 0 saturated carbocycles. The molecule has 4 heteroatoms. The third-order valence-electron chi connectivity index (χ3n) is 1.96. The molecule has 2 aromatic rings. The van der Waals surface area contributed by atoms with Gasteiger partial charge in [-0.2, -0.15) is 0 Å². The van der Waals surface area contributed by atoms with Crippen molar-refractivity contribution in [2.45, 2.75) is 0 Å². The summed E-state index contributed by atoms with van der Waals surface area (Å²) in [6.45, 7) is 0. The van der Waals surface area contributed by atoms with Gasteiger partial charge in [0.2, 0.25) is 0 Å². The number of hydrogen-bond donors (Lipinski definition) is 0. The first-order valence-electron chi connectivity index (χ1n) is 4.11. The number of hydrogen-bond acceptors (Lipinski definition) is 1. The Bertz CT molecular complexity index is 465. The number of nitrogens with zero attached hydrogens (tertiary/aromatic N) is 2. The molecule has 0 atom stereocenters. The second-order valence-electron chi connectivity index (χ2n) is 3.01. The SMILES string of the molecule is Cn1cnc(-c2cccc(Cl)c2)c1Br. The average Bonchev–Trinajstić information content (AvgIpc) is 2.48. The van der Waals surface area contributed by atoms with Crippen LogP contribution in [0, 0.1) is 0 Å². The largest absolute Gasteiger partial charge is 0.328 e. The third kappa shape index (κ3) is 1.70. The summed E-state index contributed by atoms with van der Waals surface area (Å²) in [6, 6.07) is 7.65. The summed E-state index contributed by atoms with van der Waals surface area (Å²) in [7, 11) is 1.94. The van der Waals surface area contributed by atoms with E-state index >= 15 is 0 Å². The molecule has 0 saturated heterocycles. The molecule has 0 fully saturated rings. The molecule has 0 bridgehead atoms. The van der Waals surface area contributed by atoms with Crippen LogP contribution in [0.2, 0.25) is 5.02 Å². The molecule has 0 spiro atoms. The Balaban J connectivity index is 2.55. The van der Waals surface area contributed by atoms with Crippen molar-refractivity contribution in [2.75, 3.05) is 0 Å². The first-order valence-corrected chi connectivity index (χ1v) is 5.28. The summed E-state index contributed by atoms with van der Waals surface area (Å²) in [4.78, 5) is 4.28. The number of benzene rings is 1. The van der Waals surface area contributed by atoms with E-state index in [0.29, 0.717) is 0 Å². The quantitative estimate of drug-likeness (QED) is 0.776. The molecule has 2 nitrogen and oxygen atoms in total. The number of aryl methyl sites for hydroxylation is 1. The fourth-order valence-electron chi connectivity index (χ4n) is 1.24. The topological polar surface area (TPSA) is 17.8 Å². The van der Waals surface area contributed by atoms with E-state index in [1.54, 1.807) is 6.33 Å². The minimum Gasteiger partial charge on any atom is -0.328 e.